The molecule has 0 saturated carbocycles. The van der Waals surface area contributed by atoms with Gasteiger partial charge in [0.25, 0.3) is 0 Å². The highest BCUT2D eigenvalue weighted by atomic mass is 79.9. The summed E-state index contributed by atoms with van der Waals surface area (Å²) in [5, 5.41) is 0.792. The molecule has 0 atom stereocenters. The largest absolute Gasteiger partial charge is 0.370 e. The summed E-state index contributed by atoms with van der Waals surface area (Å²) >= 11 is 9.67. The van der Waals surface area contributed by atoms with Gasteiger partial charge >= 0.3 is 0 Å². The van der Waals surface area contributed by atoms with E-state index in [9.17, 15) is 0 Å². The number of hydrogen-bond donors (Lipinski definition) is 1. The van der Waals surface area contributed by atoms with Gasteiger partial charge in [-0.2, -0.15) is 0 Å². The summed E-state index contributed by atoms with van der Waals surface area (Å²) in [6, 6.07) is 14.0. The van der Waals surface area contributed by atoms with Crippen LogP contribution in [0.5, 0.6) is 0 Å². The van der Waals surface area contributed by atoms with Gasteiger partial charge in [-0.25, -0.2) is 0 Å². The number of benzene rings is 2. The number of nitrogens with two attached hydrogens (primary N) is 1. The fourth-order valence-electron chi connectivity index (χ4n) is 2.06. The van der Waals surface area contributed by atoms with Gasteiger partial charge in [0.05, 0.1) is 0 Å². The minimum atomic E-state index is 0.516. The van der Waals surface area contributed by atoms with Crippen molar-refractivity contribution in [3.8, 4) is 0 Å². The van der Waals surface area contributed by atoms with E-state index in [2.05, 4.69) is 33.0 Å². The summed E-state index contributed by atoms with van der Waals surface area (Å²) in [6.07, 6.45) is 0. The smallest absolute Gasteiger partial charge is 0.0455 e. The van der Waals surface area contributed by atoms with Crippen molar-refractivity contribution in [1.29, 1.82) is 0 Å². The van der Waals surface area contributed by atoms with E-state index in [1.807, 2.05) is 37.4 Å². The van der Waals surface area contributed by atoms with Crippen LogP contribution in [0.2, 0.25) is 5.02 Å². The van der Waals surface area contributed by atoms with Crippen molar-refractivity contribution < 1.29 is 0 Å². The predicted molar refractivity (Wildman–Crippen MR) is 85.6 cm³/mol. The topological polar surface area (TPSA) is 29.3 Å². The van der Waals surface area contributed by atoms with E-state index in [-0.39, 0.29) is 0 Å². The monoisotopic (exact) mass is 338 g/mol. The zero-order valence-electron chi connectivity index (χ0n) is 10.7. The maximum absolute atomic E-state index is 6.20. The molecule has 0 heterocycles. The average Bonchev–Trinajstić information content (AvgIpc) is 2.41. The molecule has 0 saturated heterocycles. The Morgan fingerprint density at radius 1 is 1.16 bits per heavy atom. The van der Waals surface area contributed by atoms with E-state index in [4.69, 9.17) is 17.3 Å². The Bertz CT molecular complexity index is 572. The molecule has 0 unspecified atom stereocenters. The minimum absolute atomic E-state index is 0.516. The SMILES string of the molecule is CN(Cc1ccccc1Cl)c1ccc(Br)cc1CN. The highest BCUT2D eigenvalue weighted by molar-refractivity contribution is 9.10. The maximum Gasteiger partial charge on any atom is 0.0455 e. The molecule has 100 valence electrons. The predicted octanol–water partition coefficient (Wildman–Crippen LogP) is 4.20. The van der Waals surface area contributed by atoms with Gasteiger partial charge in [0.1, 0.15) is 0 Å². The van der Waals surface area contributed by atoms with Crippen LogP contribution in [-0.2, 0) is 13.1 Å². The van der Waals surface area contributed by atoms with Gasteiger partial charge in [0.15, 0.2) is 0 Å². The first-order valence-electron chi connectivity index (χ1n) is 6.05. The van der Waals surface area contributed by atoms with Crippen LogP contribution in [0, 0.1) is 0 Å². The molecule has 4 heteroatoms. The normalized spacial score (nSPS) is 10.5. The van der Waals surface area contributed by atoms with Crippen molar-refractivity contribution in [2.75, 3.05) is 11.9 Å². The Labute approximate surface area is 127 Å². The first-order chi connectivity index (χ1) is 9.11. The molecule has 0 fully saturated rings. The Morgan fingerprint density at radius 2 is 1.89 bits per heavy atom. The molecular formula is C15H16BrClN2. The Balaban J connectivity index is 2.25. The second-order valence-electron chi connectivity index (χ2n) is 4.42. The fourth-order valence-corrected chi connectivity index (χ4v) is 2.66. The molecule has 19 heavy (non-hydrogen) atoms. The Morgan fingerprint density at radius 3 is 2.58 bits per heavy atom. The zero-order valence-corrected chi connectivity index (χ0v) is 13.1. The molecular weight excluding hydrogens is 324 g/mol. The van der Waals surface area contributed by atoms with Gasteiger partial charge in [-0.05, 0) is 35.4 Å². The van der Waals surface area contributed by atoms with Crippen LogP contribution in [0.4, 0.5) is 5.69 Å². The lowest BCUT2D eigenvalue weighted by Gasteiger charge is -2.23. The van der Waals surface area contributed by atoms with Crippen LogP contribution in [-0.4, -0.2) is 7.05 Å². The molecule has 0 aliphatic carbocycles. The number of rotatable bonds is 4. The van der Waals surface area contributed by atoms with Crippen LogP contribution in [0.3, 0.4) is 0 Å². The van der Waals surface area contributed by atoms with Crippen molar-refractivity contribution in [2.45, 2.75) is 13.1 Å². The van der Waals surface area contributed by atoms with Crippen molar-refractivity contribution in [2.24, 2.45) is 5.73 Å². The third-order valence-electron chi connectivity index (χ3n) is 3.04. The lowest BCUT2D eigenvalue weighted by molar-refractivity contribution is 0.903. The third-order valence-corrected chi connectivity index (χ3v) is 3.90. The van der Waals surface area contributed by atoms with Gasteiger partial charge < -0.3 is 10.6 Å². The van der Waals surface area contributed by atoms with Crippen LogP contribution in [0.15, 0.2) is 46.9 Å². The van der Waals surface area contributed by atoms with Gasteiger partial charge in [0.2, 0.25) is 0 Å². The molecule has 2 nitrogen and oxygen atoms in total. The second kappa shape index (κ2) is 6.42. The quantitative estimate of drug-likeness (QED) is 0.904. The lowest BCUT2D eigenvalue weighted by atomic mass is 10.1. The molecule has 2 N–H and O–H groups in total. The number of anilines is 1. The van der Waals surface area contributed by atoms with E-state index in [0.29, 0.717) is 6.54 Å². The first kappa shape index (κ1) is 14.4. The van der Waals surface area contributed by atoms with Gasteiger partial charge in [-0.1, -0.05) is 45.7 Å². The fraction of sp³-hybridized carbons (Fsp3) is 0.200. The van der Waals surface area contributed by atoms with E-state index in [1.54, 1.807) is 0 Å². The van der Waals surface area contributed by atoms with Gasteiger partial charge in [-0.3, -0.25) is 0 Å². The van der Waals surface area contributed by atoms with E-state index in [0.717, 1.165) is 32.9 Å². The molecule has 2 aromatic rings. The van der Waals surface area contributed by atoms with Crippen molar-refractivity contribution >= 4 is 33.2 Å². The third kappa shape index (κ3) is 3.50. The first-order valence-corrected chi connectivity index (χ1v) is 7.22. The number of halogens is 2. The Kier molecular flexibility index (Phi) is 4.86. The molecule has 0 bridgehead atoms. The summed E-state index contributed by atoms with van der Waals surface area (Å²) in [6.45, 7) is 1.27. The van der Waals surface area contributed by atoms with E-state index >= 15 is 0 Å². The molecule has 0 aliphatic rings. The molecule has 0 amide bonds. The van der Waals surface area contributed by atoms with E-state index < -0.39 is 0 Å². The summed E-state index contributed by atoms with van der Waals surface area (Å²) in [4.78, 5) is 2.16. The molecule has 2 aromatic carbocycles. The summed E-state index contributed by atoms with van der Waals surface area (Å²) < 4.78 is 1.04. The minimum Gasteiger partial charge on any atom is -0.370 e. The zero-order chi connectivity index (χ0) is 13.8. The second-order valence-corrected chi connectivity index (χ2v) is 5.75. The van der Waals surface area contributed by atoms with Crippen molar-refractivity contribution in [1.82, 2.24) is 0 Å². The molecule has 0 radical (unpaired) electrons. The van der Waals surface area contributed by atoms with E-state index in [1.165, 1.54) is 0 Å². The summed E-state index contributed by atoms with van der Waals surface area (Å²) in [5.41, 5.74) is 9.16. The summed E-state index contributed by atoms with van der Waals surface area (Å²) in [7, 11) is 2.05. The standard InChI is InChI=1S/C15H16BrClN2/c1-19(10-11-4-2-3-5-14(11)17)15-7-6-13(16)8-12(15)9-18/h2-8H,9-10,18H2,1H3. The molecule has 0 aromatic heterocycles. The van der Waals surface area contributed by atoms with Crippen LogP contribution >= 0.6 is 27.5 Å². The molecule has 0 aliphatic heterocycles. The highest BCUT2D eigenvalue weighted by Gasteiger charge is 2.09. The van der Waals surface area contributed by atoms with Gasteiger partial charge in [0, 0.05) is 35.3 Å². The van der Waals surface area contributed by atoms with Crippen molar-refractivity contribution in [3.63, 3.8) is 0 Å². The maximum atomic E-state index is 6.20. The van der Waals surface area contributed by atoms with Crippen LogP contribution in [0.1, 0.15) is 11.1 Å². The number of hydrogen-bond acceptors (Lipinski definition) is 2. The Hall–Kier alpha value is -1.03. The number of nitrogens with zero attached hydrogens (tertiary/aromatic N) is 1. The van der Waals surface area contributed by atoms with Crippen molar-refractivity contribution in [3.05, 3.63) is 63.1 Å². The molecule has 0 spiro atoms. The summed E-state index contributed by atoms with van der Waals surface area (Å²) in [5.74, 6) is 0. The lowest BCUT2D eigenvalue weighted by Crippen LogP contribution is -2.19. The van der Waals surface area contributed by atoms with Crippen LogP contribution in [0.25, 0.3) is 0 Å². The molecule has 2 rings (SSSR count). The highest BCUT2D eigenvalue weighted by Crippen LogP contribution is 2.26. The van der Waals surface area contributed by atoms with Gasteiger partial charge in [-0.15, -0.1) is 0 Å². The van der Waals surface area contributed by atoms with Crippen LogP contribution < -0.4 is 10.6 Å². The average molecular weight is 340 g/mol.